The lowest BCUT2D eigenvalue weighted by atomic mass is 9.78. The molecule has 1 saturated carbocycles. The molecule has 0 amide bonds. The van der Waals surface area contributed by atoms with E-state index in [4.69, 9.17) is 0 Å². The summed E-state index contributed by atoms with van der Waals surface area (Å²) in [6.45, 7) is 6.87. The van der Waals surface area contributed by atoms with Gasteiger partial charge in [-0.25, -0.2) is 0 Å². The molecule has 1 aliphatic carbocycles. The molecule has 2 heteroatoms. The van der Waals surface area contributed by atoms with Crippen molar-refractivity contribution in [2.75, 3.05) is 5.32 Å². The van der Waals surface area contributed by atoms with Crippen molar-refractivity contribution >= 4 is 21.6 Å². The first kappa shape index (κ1) is 13.9. The maximum atomic E-state index is 3.76. The highest BCUT2D eigenvalue weighted by molar-refractivity contribution is 9.10. The van der Waals surface area contributed by atoms with Crippen molar-refractivity contribution in [3.8, 4) is 0 Å². The van der Waals surface area contributed by atoms with Crippen LogP contribution < -0.4 is 5.32 Å². The Morgan fingerprint density at radius 2 is 1.94 bits per heavy atom. The molecule has 1 aromatic carbocycles. The van der Waals surface area contributed by atoms with Crippen LogP contribution in [0.2, 0.25) is 0 Å². The summed E-state index contributed by atoms with van der Waals surface area (Å²) in [6.07, 6.45) is 5.47. The summed E-state index contributed by atoms with van der Waals surface area (Å²) in [5.74, 6) is 1.60. The van der Waals surface area contributed by atoms with Crippen molar-refractivity contribution in [3.05, 3.63) is 28.2 Å². The minimum atomic E-state index is 0.652. The van der Waals surface area contributed by atoms with E-state index in [-0.39, 0.29) is 0 Å². The Labute approximate surface area is 119 Å². The van der Waals surface area contributed by atoms with Gasteiger partial charge in [0, 0.05) is 16.2 Å². The normalized spacial score (nSPS) is 24.3. The molecule has 0 aliphatic heterocycles. The molecule has 0 saturated heterocycles. The first-order valence-electron chi connectivity index (χ1n) is 7.10. The maximum Gasteiger partial charge on any atom is 0.0345 e. The van der Waals surface area contributed by atoms with E-state index in [2.05, 4.69) is 60.2 Å². The van der Waals surface area contributed by atoms with Gasteiger partial charge in [0.15, 0.2) is 0 Å². The molecule has 1 aromatic rings. The lowest BCUT2D eigenvalue weighted by molar-refractivity contribution is 0.254. The molecule has 0 bridgehead atoms. The molecule has 0 spiro atoms. The van der Waals surface area contributed by atoms with Gasteiger partial charge < -0.3 is 5.32 Å². The molecular weight excluding hydrogens is 286 g/mol. The van der Waals surface area contributed by atoms with E-state index in [1.807, 2.05) is 0 Å². The molecule has 1 aliphatic rings. The zero-order chi connectivity index (χ0) is 13.1. The van der Waals surface area contributed by atoms with E-state index in [1.165, 1.54) is 41.4 Å². The third-order valence-electron chi connectivity index (χ3n) is 4.19. The van der Waals surface area contributed by atoms with Gasteiger partial charge in [0.05, 0.1) is 0 Å². The van der Waals surface area contributed by atoms with Gasteiger partial charge in [0.2, 0.25) is 0 Å². The molecule has 2 atom stereocenters. The molecule has 18 heavy (non-hydrogen) atoms. The molecule has 0 heterocycles. The summed E-state index contributed by atoms with van der Waals surface area (Å²) in [4.78, 5) is 0. The lowest BCUT2D eigenvalue weighted by Crippen LogP contribution is -2.35. The SMILES string of the molecule is Cc1cc(NC2CCCCC2C(C)C)ccc1Br. The Bertz CT molecular complexity index is 400. The van der Waals surface area contributed by atoms with Gasteiger partial charge in [0.25, 0.3) is 0 Å². The Balaban J connectivity index is 2.08. The average molecular weight is 310 g/mol. The van der Waals surface area contributed by atoms with Crippen LogP contribution in [0.1, 0.15) is 45.1 Å². The summed E-state index contributed by atoms with van der Waals surface area (Å²) in [5.41, 5.74) is 2.57. The van der Waals surface area contributed by atoms with Crippen LogP contribution in [0.25, 0.3) is 0 Å². The zero-order valence-electron chi connectivity index (χ0n) is 11.7. The zero-order valence-corrected chi connectivity index (χ0v) is 13.3. The number of hydrogen-bond acceptors (Lipinski definition) is 1. The van der Waals surface area contributed by atoms with Gasteiger partial charge in [-0.1, -0.05) is 42.6 Å². The van der Waals surface area contributed by atoms with Crippen molar-refractivity contribution in [1.29, 1.82) is 0 Å². The summed E-state index contributed by atoms with van der Waals surface area (Å²) in [7, 11) is 0. The van der Waals surface area contributed by atoms with Crippen LogP contribution in [0.4, 0.5) is 5.69 Å². The predicted molar refractivity (Wildman–Crippen MR) is 83.1 cm³/mol. The van der Waals surface area contributed by atoms with Crippen molar-refractivity contribution in [2.45, 2.75) is 52.5 Å². The molecule has 1 fully saturated rings. The maximum absolute atomic E-state index is 3.76. The number of benzene rings is 1. The van der Waals surface area contributed by atoms with Crippen molar-refractivity contribution in [1.82, 2.24) is 0 Å². The molecular formula is C16H24BrN. The predicted octanol–water partition coefficient (Wildman–Crippen LogP) is 5.38. The van der Waals surface area contributed by atoms with Crippen LogP contribution in [0.5, 0.6) is 0 Å². The van der Waals surface area contributed by atoms with E-state index < -0.39 is 0 Å². The van der Waals surface area contributed by atoms with Crippen LogP contribution >= 0.6 is 15.9 Å². The van der Waals surface area contributed by atoms with Crippen molar-refractivity contribution in [3.63, 3.8) is 0 Å². The van der Waals surface area contributed by atoms with E-state index in [1.54, 1.807) is 0 Å². The number of rotatable bonds is 3. The van der Waals surface area contributed by atoms with E-state index >= 15 is 0 Å². The van der Waals surface area contributed by atoms with Crippen LogP contribution in [-0.2, 0) is 0 Å². The molecule has 2 rings (SSSR count). The Morgan fingerprint density at radius 1 is 1.22 bits per heavy atom. The molecule has 1 nitrogen and oxygen atoms in total. The largest absolute Gasteiger partial charge is 0.382 e. The van der Waals surface area contributed by atoms with Crippen molar-refractivity contribution < 1.29 is 0 Å². The smallest absolute Gasteiger partial charge is 0.0345 e. The van der Waals surface area contributed by atoms with E-state index in [9.17, 15) is 0 Å². The Hall–Kier alpha value is -0.500. The topological polar surface area (TPSA) is 12.0 Å². The number of halogens is 1. The first-order valence-corrected chi connectivity index (χ1v) is 7.90. The first-order chi connectivity index (χ1) is 8.58. The lowest BCUT2D eigenvalue weighted by Gasteiger charge is -2.35. The minimum Gasteiger partial charge on any atom is -0.382 e. The third-order valence-corrected chi connectivity index (χ3v) is 5.08. The average Bonchev–Trinajstić information content (AvgIpc) is 2.34. The van der Waals surface area contributed by atoms with Gasteiger partial charge in [-0.05, 0) is 55.4 Å². The molecule has 2 unspecified atom stereocenters. The van der Waals surface area contributed by atoms with E-state index in [0.717, 1.165) is 11.8 Å². The number of aryl methyl sites for hydroxylation is 1. The van der Waals surface area contributed by atoms with Crippen LogP contribution in [0, 0.1) is 18.8 Å². The monoisotopic (exact) mass is 309 g/mol. The second-order valence-corrected chi connectivity index (χ2v) is 6.76. The number of hydrogen-bond donors (Lipinski definition) is 1. The van der Waals surface area contributed by atoms with E-state index in [0.29, 0.717) is 6.04 Å². The second kappa shape index (κ2) is 6.10. The number of anilines is 1. The fourth-order valence-corrected chi connectivity index (χ4v) is 3.33. The van der Waals surface area contributed by atoms with Gasteiger partial charge in [-0.2, -0.15) is 0 Å². The summed E-state index contributed by atoms with van der Waals surface area (Å²) in [5, 5.41) is 3.76. The quantitative estimate of drug-likeness (QED) is 0.790. The summed E-state index contributed by atoms with van der Waals surface area (Å²) in [6, 6.07) is 7.23. The van der Waals surface area contributed by atoms with Crippen LogP contribution in [0.3, 0.4) is 0 Å². The highest BCUT2D eigenvalue weighted by Gasteiger charge is 2.27. The third kappa shape index (κ3) is 3.28. The Morgan fingerprint density at radius 3 is 2.61 bits per heavy atom. The molecule has 1 N–H and O–H groups in total. The van der Waals surface area contributed by atoms with Gasteiger partial charge in [-0.3, -0.25) is 0 Å². The second-order valence-electron chi connectivity index (χ2n) is 5.91. The van der Waals surface area contributed by atoms with Gasteiger partial charge in [0.1, 0.15) is 0 Å². The molecule has 0 aromatic heterocycles. The van der Waals surface area contributed by atoms with Crippen LogP contribution in [-0.4, -0.2) is 6.04 Å². The standard InChI is InChI=1S/C16H24BrN/c1-11(2)14-6-4-5-7-16(14)18-13-8-9-15(17)12(3)10-13/h8-11,14,16,18H,4-7H2,1-3H3. The highest BCUT2D eigenvalue weighted by atomic mass is 79.9. The molecule has 0 radical (unpaired) electrons. The summed E-state index contributed by atoms with van der Waals surface area (Å²) < 4.78 is 1.19. The van der Waals surface area contributed by atoms with Crippen molar-refractivity contribution in [2.24, 2.45) is 11.8 Å². The van der Waals surface area contributed by atoms with Gasteiger partial charge in [-0.15, -0.1) is 0 Å². The summed E-state index contributed by atoms with van der Waals surface area (Å²) >= 11 is 3.56. The fraction of sp³-hybridized carbons (Fsp3) is 0.625. The minimum absolute atomic E-state index is 0.652. The number of nitrogens with one attached hydrogen (secondary N) is 1. The fourth-order valence-electron chi connectivity index (χ4n) is 3.09. The molecule has 100 valence electrons. The Kier molecular flexibility index (Phi) is 4.71. The van der Waals surface area contributed by atoms with Gasteiger partial charge >= 0.3 is 0 Å². The highest BCUT2D eigenvalue weighted by Crippen LogP contribution is 2.32. The van der Waals surface area contributed by atoms with Crippen LogP contribution in [0.15, 0.2) is 22.7 Å².